The molecule has 14 heavy (non-hydrogen) atoms. The van der Waals surface area contributed by atoms with Crippen molar-refractivity contribution in [2.45, 2.75) is 12.8 Å². The first-order chi connectivity index (χ1) is 6.20. The van der Waals surface area contributed by atoms with Gasteiger partial charge in [-0.1, -0.05) is 0 Å². The SMILES string of the molecule is COC(=O)CCCNCC(=O)OC.Cl. The summed E-state index contributed by atoms with van der Waals surface area (Å²) in [5.74, 6) is -0.544. The molecule has 0 aromatic carbocycles. The smallest absolute Gasteiger partial charge is 0.319 e. The fourth-order valence-electron chi connectivity index (χ4n) is 0.722. The predicted octanol–water partition coefficient (Wildman–Crippen LogP) is 0.124. The largest absolute Gasteiger partial charge is 0.469 e. The average molecular weight is 226 g/mol. The van der Waals surface area contributed by atoms with Gasteiger partial charge in [0.05, 0.1) is 20.8 Å². The zero-order valence-electron chi connectivity index (χ0n) is 8.37. The molecule has 0 aliphatic rings. The van der Waals surface area contributed by atoms with Gasteiger partial charge in [-0.05, 0) is 13.0 Å². The van der Waals surface area contributed by atoms with Crippen LogP contribution in [0.1, 0.15) is 12.8 Å². The Kier molecular flexibility index (Phi) is 11.5. The van der Waals surface area contributed by atoms with Crippen LogP contribution in [0.3, 0.4) is 0 Å². The second-order valence-electron chi connectivity index (χ2n) is 2.43. The topological polar surface area (TPSA) is 64.6 Å². The standard InChI is InChI=1S/C8H15NO4.ClH/c1-12-7(10)4-3-5-9-6-8(11)13-2;/h9H,3-6H2,1-2H3;1H. The van der Waals surface area contributed by atoms with Crippen molar-refractivity contribution in [2.75, 3.05) is 27.3 Å². The third kappa shape index (κ3) is 9.28. The number of hydrogen-bond donors (Lipinski definition) is 1. The van der Waals surface area contributed by atoms with Crippen LogP contribution in [0.4, 0.5) is 0 Å². The minimum absolute atomic E-state index is 0. The maximum absolute atomic E-state index is 10.6. The van der Waals surface area contributed by atoms with Gasteiger partial charge in [0, 0.05) is 6.42 Å². The van der Waals surface area contributed by atoms with Crippen molar-refractivity contribution in [3.8, 4) is 0 Å². The van der Waals surface area contributed by atoms with E-state index in [1.54, 1.807) is 0 Å². The van der Waals surface area contributed by atoms with Crippen molar-refractivity contribution < 1.29 is 19.1 Å². The van der Waals surface area contributed by atoms with E-state index in [2.05, 4.69) is 14.8 Å². The molecule has 1 N–H and O–H groups in total. The lowest BCUT2D eigenvalue weighted by Gasteiger charge is -2.02. The van der Waals surface area contributed by atoms with Gasteiger partial charge in [-0.15, -0.1) is 12.4 Å². The lowest BCUT2D eigenvalue weighted by Crippen LogP contribution is -2.25. The van der Waals surface area contributed by atoms with Crippen molar-refractivity contribution in [1.82, 2.24) is 5.32 Å². The van der Waals surface area contributed by atoms with E-state index in [4.69, 9.17) is 0 Å². The highest BCUT2D eigenvalue weighted by Gasteiger charge is 2.00. The third-order valence-electron chi connectivity index (χ3n) is 1.46. The highest BCUT2D eigenvalue weighted by atomic mass is 35.5. The number of esters is 2. The second kappa shape index (κ2) is 10.3. The highest BCUT2D eigenvalue weighted by molar-refractivity contribution is 5.85. The normalized spacial score (nSPS) is 8.71. The van der Waals surface area contributed by atoms with E-state index >= 15 is 0 Å². The molecule has 0 atom stereocenters. The van der Waals surface area contributed by atoms with Crippen LogP contribution < -0.4 is 5.32 Å². The number of rotatable bonds is 6. The average Bonchev–Trinajstić information content (AvgIpc) is 2.16. The van der Waals surface area contributed by atoms with Crippen LogP contribution in [-0.2, 0) is 19.1 Å². The molecule has 84 valence electrons. The number of methoxy groups -OCH3 is 2. The summed E-state index contributed by atoms with van der Waals surface area (Å²) in [6, 6.07) is 0. The molecule has 0 radical (unpaired) electrons. The number of ether oxygens (including phenoxy) is 2. The van der Waals surface area contributed by atoms with Crippen molar-refractivity contribution in [1.29, 1.82) is 0 Å². The fraction of sp³-hybridized carbons (Fsp3) is 0.750. The molecule has 0 spiro atoms. The first kappa shape index (κ1) is 15.7. The molecule has 0 aromatic heterocycles. The number of carbonyl (C=O) groups excluding carboxylic acids is 2. The Morgan fingerprint density at radius 2 is 1.71 bits per heavy atom. The number of halogens is 1. The van der Waals surface area contributed by atoms with Crippen LogP contribution in [-0.4, -0.2) is 39.2 Å². The van der Waals surface area contributed by atoms with Crippen LogP contribution >= 0.6 is 12.4 Å². The van der Waals surface area contributed by atoms with Gasteiger partial charge < -0.3 is 14.8 Å². The first-order valence-electron chi connectivity index (χ1n) is 4.05. The molecular formula is C8H16ClNO4. The molecule has 0 amide bonds. The summed E-state index contributed by atoms with van der Waals surface area (Å²) >= 11 is 0. The molecule has 0 unspecified atom stereocenters. The van der Waals surface area contributed by atoms with Crippen LogP contribution in [0, 0.1) is 0 Å². The third-order valence-corrected chi connectivity index (χ3v) is 1.46. The summed E-state index contributed by atoms with van der Waals surface area (Å²) in [7, 11) is 2.68. The van der Waals surface area contributed by atoms with Crippen molar-refractivity contribution in [2.24, 2.45) is 0 Å². The minimum Gasteiger partial charge on any atom is -0.469 e. The molecule has 0 heterocycles. The molecule has 0 saturated carbocycles. The van der Waals surface area contributed by atoms with Gasteiger partial charge in [0.25, 0.3) is 0 Å². The van der Waals surface area contributed by atoms with Crippen molar-refractivity contribution in [3.63, 3.8) is 0 Å². The Morgan fingerprint density at radius 3 is 2.21 bits per heavy atom. The summed E-state index contributed by atoms with van der Waals surface area (Å²) in [4.78, 5) is 21.2. The van der Waals surface area contributed by atoms with E-state index in [9.17, 15) is 9.59 Å². The zero-order chi connectivity index (χ0) is 10.1. The Balaban J connectivity index is 0. The molecule has 0 aliphatic carbocycles. The molecule has 6 heteroatoms. The van der Waals surface area contributed by atoms with Crippen molar-refractivity contribution in [3.05, 3.63) is 0 Å². The van der Waals surface area contributed by atoms with Crippen LogP contribution in [0.25, 0.3) is 0 Å². The molecule has 5 nitrogen and oxygen atoms in total. The van der Waals surface area contributed by atoms with Crippen molar-refractivity contribution >= 4 is 24.3 Å². The van der Waals surface area contributed by atoms with Gasteiger partial charge in [0.1, 0.15) is 0 Å². The number of nitrogens with one attached hydrogen (secondary N) is 1. The summed E-state index contributed by atoms with van der Waals surface area (Å²) in [5, 5.41) is 2.83. The van der Waals surface area contributed by atoms with Crippen LogP contribution in [0.2, 0.25) is 0 Å². The van der Waals surface area contributed by atoms with E-state index in [0.717, 1.165) is 0 Å². The summed E-state index contributed by atoms with van der Waals surface area (Å²) in [6.45, 7) is 0.780. The molecule has 0 saturated heterocycles. The van der Waals surface area contributed by atoms with Crippen LogP contribution in [0.5, 0.6) is 0 Å². The van der Waals surface area contributed by atoms with E-state index in [1.165, 1.54) is 14.2 Å². The Morgan fingerprint density at radius 1 is 1.14 bits per heavy atom. The maximum atomic E-state index is 10.6. The summed E-state index contributed by atoms with van der Waals surface area (Å²) in [5.41, 5.74) is 0. The molecular weight excluding hydrogens is 210 g/mol. The maximum Gasteiger partial charge on any atom is 0.319 e. The van der Waals surface area contributed by atoms with E-state index in [0.29, 0.717) is 19.4 Å². The van der Waals surface area contributed by atoms with Gasteiger partial charge in [-0.3, -0.25) is 9.59 Å². The molecule has 0 fully saturated rings. The first-order valence-corrected chi connectivity index (χ1v) is 4.05. The van der Waals surface area contributed by atoms with Gasteiger partial charge in [0.2, 0.25) is 0 Å². The van der Waals surface area contributed by atoms with Gasteiger partial charge in [0.15, 0.2) is 0 Å². The highest BCUT2D eigenvalue weighted by Crippen LogP contribution is 1.89. The molecule has 0 rings (SSSR count). The van der Waals surface area contributed by atoms with Gasteiger partial charge >= 0.3 is 11.9 Å². The van der Waals surface area contributed by atoms with E-state index in [1.807, 2.05) is 0 Å². The van der Waals surface area contributed by atoms with Gasteiger partial charge in [-0.2, -0.15) is 0 Å². The lowest BCUT2D eigenvalue weighted by molar-refractivity contribution is -0.140. The molecule has 0 bridgehead atoms. The Hall–Kier alpha value is -0.810. The Labute approximate surface area is 89.5 Å². The molecule has 0 aromatic rings. The fourth-order valence-corrected chi connectivity index (χ4v) is 0.722. The minimum atomic E-state index is -0.307. The Bertz CT molecular complexity index is 157. The lowest BCUT2D eigenvalue weighted by atomic mass is 10.3. The zero-order valence-corrected chi connectivity index (χ0v) is 9.19. The molecule has 0 aliphatic heterocycles. The number of hydrogen-bond acceptors (Lipinski definition) is 5. The van der Waals surface area contributed by atoms with E-state index < -0.39 is 0 Å². The van der Waals surface area contributed by atoms with E-state index in [-0.39, 0.29) is 30.9 Å². The predicted molar refractivity (Wildman–Crippen MR) is 53.4 cm³/mol. The summed E-state index contributed by atoms with van der Waals surface area (Å²) in [6.07, 6.45) is 1.02. The quantitative estimate of drug-likeness (QED) is 0.514. The number of carbonyl (C=O) groups is 2. The van der Waals surface area contributed by atoms with Crippen LogP contribution in [0.15, 0.2) is 0 Å². The van der Waals surface area contributed by atoms with Gasteiger partial charge in [-0.25, -0.2) is 0 Å². The monoisotopic (exact) mass is 225 g/mol. The second-order valence-corrected chi connectivity index (χ2v) is 2.43. The summed E-state index contributed by atoms with van der Waals surface area (Å²) < 4.78 is 8.85.